The van der Waals surface area contributed by atoms with Gasteiger partial charge in [-0.2, -0.15) is 13.2 Å². The van der Waals surface area contributed by atoms with Gasteiger partial charge in [-0.1, -0.05) is 50.3 Å². The lowest BCUT2D eigenvalue weighted by Gasteiger charge is -2.27. The molecule has 0 N–H and O–H groups in total. The van der Waals surface area contributed by atoms with Crippen LogP contribution in [0.15, 0.2) is 42.5 Å². The van der Waals surface area contributed by atoms with Gasteiger partial charge < -0.3 is 9.47 Å². The van der Waals surface area contributed by atoms with Gasteiger partial charge in [-0.15, -0.1) is 0 Å². The van der Waals surface area contributed by atoms with E-state index in [2.05, 4.69) is 6.92 Å². The third-order valence-corrected chi connectivity index (χ3v) is 6.37. The molecule has 0 aromatic heterocycles. The van der Waals surface area contributed by atoms with Crippen LogP contribution < -0.4 is 0 Å². The second-order valence-corrected chi connectivity index (χ2v) is 9.35. The minimum atomic E-state index is -4.93. The average Bonchev–Trinajstić information content (AvgIpc) is 2.87. The third kappa shape index (κ3) is 7.20. The third-order valence-electron chi connectivity index (χ3n) is 6.37. The van der Waals surface area contributed by atoms with Gasteiger partial charge >= 0.3 is 6.18 Å². The number of hydrogen-bond acceptors (Lipinski definition) is 2. The number of rotatable bonds is 7. The van der Waals surface area contributed by atoms with Gasteiger partial charge in [0, 0.05) is 17.2 Å². The Morgan fingerprint density at radius 1 is 0.923 bits per heavy atom. The van der Waals surface area contributed by atoms with Crippen molar-refractivity contribution >= 4 is 16.8 Å². The van der Waals surface area contributed by atoms with E-state index < -0.39 is 46.9 Å². The van der Waals surface area contributed by atoms with Crippen LogP contribution in [0, 0.1) is 41.0 Å². The molecule has 206 valence electrons. The molecule has 3 aromatic rings. The zero-order valence-electron chi connectivity index (χ0n) is 21.0. The first-order chi connectivity index (χ1) is 18.6. The number of alkyl halides is 3. The molecule has 0 radical (unpaired) electrons. The predicted octanol–water partition coefficient (Wildman–Crippen LogP) is 8.56. The topological polar surface area (TPSA) is 18.5 Å². The molecular weight excluding hydrogens is 525 g/mol. The van der Waals surface area contributed by atoms with Crippen LogP contribution in [0.2, 0.25) is 0 Å². The Labute approximate surface area is 221 Å². The molecule has 4 rings (SSSR count). The summed E-state index contributed by atoms with van der Waals surface area (Å²) in [6, 6.07) is 6.44. The Bertz CT molecular complexity index is 1400. The predicted molar refractivity (Wildman–Crippen MR) is 135 cm³/mol. The highest BCUT2D eigenvalue weighted by molar-refractivity contribution is 5.89. The Hall–Kier alpha value is -3.35. The van der Waals surface area contributed by atoms with Crippen LogP contribution in [0.1, 0.15) is 43.7 Å². The summed E-state index contributed by atoms with van der Waals surface area (Å²) < 4.78 is 107. The molecule has 3 aromatic carbocycles. The van der Waals surface area contributed by atoms with Gasteiger partial charge in [-0.3, -0.25) is 0 Å². The highest BCUT2D eigenvalue weighted by atomic mass is 19.4. The quantitative estimate of drug-likeness (QED) is 0.167. The van der Waals surface area contributed by atoms with Crippen LogP contribution in [-0.4, -0.2) is 25.7 Å². The Morgan fingerprint density at radius 2 is 1.62 bits per heavy atom. The fourth-order valence-electron chi connectivity index (χ4n) is 4.41. The lowest BCUT2D eigenvalue weighted by atomic mass is 9.97. The highest BCUT2D eigenvalue weighted by Crippen LogP contribution is 2.33. The molecule has 1 aliphatic heterocycles. The van der Waals surface area contributed by atoms with Gasteiger partial charge in [0.25, 0.3) is 0 Å². The fraction of sp³-hybridized carbons (Fsp3) is 0.333. The van der Waals surface area contributed by atoms with Crippen molar-refractivity contribution in [3.63, 3.8) is 0 Å². The maximum absolute atomic E-state index is 15.0. The summed E-state index contributed by atoms with van der Waals surface area (Å²) in [6.07, 6.45) is 1.90. The maximum Gasteiger partial charge on any atom is 0.458 e. The van der Waals surface area contributed by atoms with E-state index >= 15 is 0 Å². The summed E-state index contributed by atoms with van der Waals surface area (Å²) in [5, 5.41) is -0.338. The normalized spacial score (nSPS) is 17.9. The number of halogens is 7. The van der Waals surface area contributed by atoms with Gasteiger partial charge in [0.05, 0.1) is 24.3 Å². The van der Waals surface area contributed by atoms with Crippen molar-refractivity contribution in [1.29, 1.82) is 0 Å². The minimum absolute atomic E-state index is 0.00554. The first-order valence-corrected chi connectivity index (χ1v) is 12.5. The van der Waals surface area contributed by atoms with E-state index in [1.54, 1.807) is 6.08 Å². The molecule has 0 unspecified atom stereocenters. The van der Waals surface area contributed by atoms with Crippen molar-refractivity contribution in [3.05, 3.63) is 76.9 Å². The van der Waals surface area contributed by atoms with Crippen LogP contribution in [0.4, 0.5) is 30.7 Å². The summed E-state index contributed by atoms with van der Waals surface area (Å²) in [4.78, 5) is 0. The molecule has 0 bridgehead atoms. The zero-order chi connectivity index (χ0) is 28.2. The molecule has 1 saturated heterocycles. The summed E-state index contributed by atoms with van der Waals surface area (Å²) >= 11 is 0. The van der Waals surface area contributed by atoms with E-state index in [0.29, 0.717) is 19.1 Å². The molecule has 1 heterocycles. The van der Waals surface area contributed by atoms with Crippen molar-refractivity contribution in [2.75, 3.05) is 13.2 Å². The van der Waals surface area contributed by atoms with Crippen LogP contribution in [0.5, 0.6) is 0 Å². The molecule has 1 aliphatic rings. The molecule has 0 atom stereocenters. The molecule has 0 saturated carbocycles. The fourth-order valence-corrected chi connectivity index (χ4v) is 4.41. The van der Waals surface area contributed by atoms with E-state index in [1.807, 2.05) is 0 Å². The van der Waals surface area contributed by atoms with Gasteiger partial charge in [-0.05, 0) is 53.3 Å². The number of hydrogen-bond donors (Lipinski definition) is 0. The summed E-state index contributed by atoms with van der Waals surface area (Å²) in [7, 11) is 0. The molecule has 2 nitrogen and oxygen atoms in total. The number of fused-ring (bicyclic) bond motifs is 1. The van der Waals surface area contributed by atoms with E-state index in [9.17, 15) is 30.7 Å². The van der Waals surface area contributed by atoms with E-state index in [4.69, 9.17) is 9.47 Å². The maximum atomic E-state index is 15.0. The first-order valence-electron chi connectivity index (χ1n) is 12.5. The number of unbranched alkanes of at least 4 members (excludes halogenated alkanes) is 2. The van der Waals surface area contributed by atoms with Crippen LogP contribution in [-0.2, 0) is 9.47 Å². The minimum Gasteiger partial charge on any atom is -0.349 e. The SMILES string of the molecule is CCCCCC1COC(/C=C/c2cc(F)c(-c3ccc4c(F)c(C#CC(F)(F)F)c(F)cc4c3)c(F)c2)OC1. The molecule has 9 heteroatoms. The van der Waals surface area contributed by atoms with Gasteiger partial charge in [-0.25, -0.2) is 17.6 Å². The molecular formula is C30H25F7O2. The molecule has 0 aliphatic carbocycles. The lowest BCUT2D eigenvalue weighted by molar-refractivity contribution is -0.175. The highest BCUT2D eigenvalue weighted by Gasteiger charge is 2.24. The van der Waals surface area contributed by atoms with E-state index in [1.165, 1.54) is 18.1 Å². The van der Waals surface area contributed by atoms with Crippen LogP contribution >= 0.6 is 0 Å². The second-order valence-electron chi connectivity index (χ2n) is 9.35. The van der Waals surface area contributed by atoms with Gasteiger partial charge in [0.15, 0.2) is 6.29 Å². The lowest BCUT2D eigenvalue weighted by Crippen LogP contribution is -2.30. The average molecular weight is 551 g/mol. The van der Waals surface area contributed by atoms with Gasteiger partial charge in [0.2, 0.25) is 0 Å². The standard InChI is InChI=1S/C30H25F7O2/c1-2-3-4-5-19-16-38-27(39-17-19)9-6-18-12-25(32)28(26(33)13-18)20-7-8-22-21(14-20)15-24(31)23(29(22)34)10-11-30(35,36)37/h6-9,12-15,19,27H,2-5,16-17H2,1H3/b9-6+. The van der Waals surface area contributed by atoms with Crippen molar-refractivity contribution in [2.45, 2.75) is 45.1 Å². The van der Waals surface area contributed by atoms with E-state index in [-0.39, 0.29) is 21.9 Å². The second kappa shape index (κ2) is 12.2. The summed E-state index contributed by atoms with van der Waals surface area (Å²) in [6.45, 7) is 3.22. The zero-order valence-corrected chi connectivity index (χ0v) is 21.0. The molecule has 0 amide bonds. The number of benzene rings is 3. The van der Waals surface area contributed by atoms with Crippen molar-refractivity contribution in [1.82, 2.24) is 0 Å². The summed E-state index contributed by atoms with van der Waals surface area (Å²) in [5.41, 5.74) is -1.25. The van der Waals surface area contributed by atoms with Crippen molar-refractivity contribution < 1.29 is 40.2 Å². The molecule has 39 heavy (non-hydrogen) atoms. The van der Waals surface area contributed by atoms with E-state index in [0.717, 1.165) is 61.9 Å². The number of ether oxygens (including phenoxy) is 2. The van der Waals surface area contributed by atoms with Gasteiger partial charge in [0.1, 0.15) is 23.3 Å². The largest absolute Gasteiger partial charge is 0.458 e. The van der Waals surface area contributed by atoms with Crippen LogP contribution in [0.3, 0.4) is 0 Å². The molecule has 1 fully saturated rings. The van der Waals surface area contributed by atoms with Crippen molar-refractivity contribution in [2.24, 2.45) is 5.92 Å². The monoisotopic (exact) mass is 550 g/mol. The summed E-state index contributed by atoms with van der Waals surface area (Å²) in [5.74, 6) is -1.83. The Morgan fingerprint density at radius 3 is 2.26 bits per heavy atom. The molecule has 0 spiro atoms. The van der Waals surface area contributed by atoms with Crippen LogP contribution in [0.25, 0.3) is 28.0 Å². The Kier molecular flexibility index (Phi) is 8.98. The Balaban J connectivity index is 1.53. The smallest absolute Gasteiger partial charge is 0.349 e. The first kappa shape index (κ1) is 28.7. The van der Waals surface area contributed by atoms with Crippen molar-refractivity contribution in [3.8, 4) is 23.0 Å².